The van der Waals surface area contributed by atoms with Crippen LogP contribution in [0.25, 0.3) is 0 Å². The van der Waals surface area contributed by atoms with Crippen molar-refractivity contribution >= 4 is 0 Å². The summed E-state index contributed by atoms with van der Waals surface area (Å²) in [6.07, 6.45) is 5.74. The summed E-state index contributed by atoms with van der Waals surface area (Å²) in [6, 6.07) is 0. The summed E-state index contributed by atoms with van der Waals surface area (Å²) in [4.78, 5) is 0. The van der Waals surface area contributed by atoms with Gasteiger partial charge in [-0.15, -0.1) is 0 Å². The Balaban J connectivity index is 2.27. The van der Waals surface area contributed by atoms with Crippen molar-refractivity contribution in [2.24, 2.45) is 5.92 Å². The standard InChI is InChI=1S/C13H25N3O/c1-4-12(5-2)13(17)9-14-7-11-8-15-16(6-3)10-11/h8,10,12-14,17H,4-7,9H2,1-3H3. The molecule has 4 heteroatoms. The van der Waals surface area contributed by atoms with Crippen molar-refractivity contribution in [1.82, 2.24) is 15.1 Å². The summed E-state index contributed by atoms with van der Waals surface area (Å²) >= 11 is 0. The van der Waals surface area contributed by atoms with Crippen LogP contribution in [0.15, 0.2) is 12.4 Å². The number of nitrogens with zero attached hydrogens (tertiary/aromatic N) is 2. The van der Waals surface area contributed by atoms with Crippen LogP contribution in [-0.4, -0.2) is 27.5 Å². The van der Waals surface area contributed by atoms with Crippen molar-refractivity contribution in [1.29, 1.82) is 0 Å². The van der Waals surface area contributed by atoms with Gasteiger partial charge in [0.05, 0.1) is 12.3 Å². The molecule has 0 bridgehead atoms. The lowest BCUT2D eigenvalue weighted by atomic mass is 9.96. The number of hydrogen-bond acceptors (Lipinski definition) is 3. The van der Waals surface area contributed by atoms with Crippen molar-refractivity contribution in [3.05, 3.63) is 18.0 Å². The highest BCUT2D eigenvalue weighted by Crippen LogP contribution is 2.12. The van der Waals surface area contributed by atoms with E-state index in [9.17, 15) is 5.11 Å². The zero-order chi connectivity index (χ0) is 12.7. The fraction of sp³-hybridized carbons (Fsp3) is 0.769. The summed E-state index contributed by atoms with van der Waals surface area (Å²) in [6.45, 7) is 8.66. The Bertz CT molecular complexity index is 307. The topological polar surface area (TPSA) is 50.1 Å². The van der Waals surface area contributed by atoms with Crippen LogP contribution in [0.3, 0.4) is 0 Å². The summed E-state index contributed by atoms with van der Waals surface area (Å²) in [5.74, 6) is 0.404. The number of rotatable bonds is 8. The van der Waals surface area contributed by atoms with Gasteiger partial charge >= 0.3 is 0 Å². The second kappa shape index (κ2) is 7.45. The van der Waals surface area contributed by atoms with Crippen LogP contribution in [0.1, 0.15) is 39.2 Å². The van der Waals surface area contributed by atoms with E-state index in [1.165, 1.54) is 5.56 Å². The first kappa shape index (κ1) is 14.2. The van der Waals surface area contributed by atoms with Gasteiger partial charge in [-0.1, -0.05) is 26.7 Å². The molecule has 0 saturated carbocycles. The minimum atomic E-state index is -0.244. The first-order valence-corrected chi connectivity index (χ1v) is 6.61. The van der Waals surface area contributed by atoms with E-state index in [0.717, 1.165) is 25.9 Å². The summed E-state index contributed by atoms with van der Waals surface area (Å²) in [7, 11) is 0. The van der Waals surface area contributed by atoms with Crippen molar-refractivity contribution in [2.45, 2.75) is 52.8 Å². The molecule has 1 atom stereocenters. The van der Waals surface area contributed by atoms with Crippen molar-refractivity contribution in [3.8, 4) is 0 Å². The van der Waals surface area contributed by atoms with Crippen molar-refractivity contribution in [2.75, 3.05) is 6.54 Å². The lowest BCUT2D eigenvalue weighted by molar-refractivity contribution is 0.101. The van der Waals surface area contributed by atoms with Gasteiger partial charge in [0, 0.05) is 31.4 Å². The SMILES string of the molecule is CCC(CC)C(O)CNCc1cnn(CC)c1. The van der Waals surface area contributed by atoms with Gasteiger partial charge in [0.15, 0.2) is 0 Å². The number of aliphatic hydroxyl groups excluding tert-OH is 1. The Labute approximate surface area is 104 Å². The van der Waals surface area contributed by atoms with E-state index >= 15 is 0 Å². The van der Waals surface area contributed by atoms with Gasteiger partial charge in [0.2, 0.25) is 0 Å². The largest absolute Gasteiger partial charge is 0.392 e. The number of aromatic nitrogens is 2. The van der Waals surface area contributed by atoms with E-state index in [2.05, 4.69) is 31.2 Å². The molecule has 17 heavy (non-hydrogen) atoms. The fourth-order valence-electron chi connectivity index (χ4n) is 2.03. The number of nitrogens with one attached hydrogen (secondary N) is 1. The third-order valence-electron chi connectivity index (χ3n) is 3.29. The molecule has 1 aromatic rings. The van der Waals surface area contributed by atoms with E-state index in [1.807, 2.05) is 17.1 Å². The molecule has 0 amide bonds. The average molecular weight is 239 g/mol. The lowest BCUT2D eigenvalue weighted by Crippen LogP contribution is -2.32. The molecular weight excluding hydrogens is 214 g/mol. The Morgan fingerprint density at radius 1 is 1.35 bits per heavy atom. The maximum atomic E-state index is 9.96. The highest BCUT2D eigenvalue weighted by atomic mass is 16.3. The molecule has 0 aliphatic rings. The summed E-state index contributed by atoms with van der Waals surface area (Å²) in [5, 5.41) is 17.5. The van der Waals surface area contributed by atoms with Crippen LogP contribution >= 0.6 is 0 Å². The van der Waals surface area contributed by atoms with E-state index in [4.69, 9.17) is 0 Å². The van der Waals surface area contributed by atoms with Gasteiger partial charge in [0.25, 0.3) is 0 Å². The summed E-state index contributed by atoms with van der Waals surface area (Å²) in [5.41, 5.74) is 1.17. The minimum Gasteiger partial charge on any atom is -0.392 e. The lowest BCUT2D eigenvalue weighted by Gasteiger charge is -2.20. The maximum absolute atomic E-state index is 9.96. The van der Waals surface area contributed by atoms with Crippen LogP contribution in [0, 0.1) is 5.92 Å². The second-order valence-electron chi connectivity index (χ2n) is 4.48. The van der Waals surface area contributed by atoms with Crippen LogP contribution in [-0.2, 0) is 13.1 Å². The third-order valence-corrected chi connectivity index (χ3v) is 3.29. The normalized spacial score (nSPS) is 13.2. The Morgan fingerprint density at radius 3 is 2.59 bits per heavy atom. The monoisotopic (exact) mass is 239 g/mol. The molecule has 0 aromatic carbocycles. The first-order valence-electron chi connectivity index (χ1n) is 6.61. The predicted molar refractivity (Wildman–Crippen MR) is 69.7 cm³/mol. The van der Waals surface area contributed by atoms with Gasteiger partial charge < -0.3 is 10.4 Å². The molecular formula is C13H25N3O. The summed E-state index contributed by atoms with van der Waals surface area (Å²) < 4.78 is 1.91. The Kier molecular flexibility index (Phi) is 6.22. The predicted octanol–water partition coefficient (Wildman–Crippen LogP) is 1.79. The van der Waals surface area contributed by atoms with Crippen LogP contribution in [0.2, 0.25) is 0 Å². The Morgan fingerprint density at radius 2 is 2.06 bits per heavy atom. The molecule has 98 valence electrons. The zero-order valence-corrected chi connectivity index (χ0v) is 11.2. The van der Waals surface area contributed by atoms with Crippen molar-refractivity contribution < 1.29 is 5.11 Å². The quantitative estimate of drug-likeness (QED) is 0.727. The molecule has 0 aliphatic heterocycles. The molecule has 0 aliphatic carbocycles. The average Bonchev–Trinajstić information content (AvgIpc) is 2.78. The number of aryl methyl sites for hydroxylation is 1. The molecule has 4 nitrogen and oxygen atoms in total. The van der Waals surface area contributed by atoms with Gasteiger partial charge in [-0.05, 0) is 12.8 Å². The molecule has 1 rings (SSSR count). The molecule has 2 N–H and O–H groups in total. The first-order chi connectivity index (χ1) is 8.21. The molecule has 0 radical (unpaired) electrons. The fourth-order valence-corrected chi connectivity index (χ4v) is 2.03. The zero-order valence-electron chi connectivity index (χ0n) is 11.2. The van der Waals surface area contributed by atoms with Gasteiger partial charge in [-0.3, -0.25) is 4.68 Å². The Hall–Kier alpha value is -0.870. The van der Waals surface area contributed by atoms with E-state index in [-0.39, 0.29) is 6.10 Å². The maximum Gasteiger partial charge on any atom is 0.0692 e. The molecule has 0 saturated heterocycles. The van der Waals surface area contributed by atoms with E-state index in [0.29, 0.717) is 12.5 Å². The van der Waals surface area contributed by atoms with E-state index in [1.54, 1.807) is 0 Å². The molecule has 0 fully saturated rings. The van der Waals surface area contributed by atoms with Gasteiger partial charge in [0.1, 0.15) is 0 Å². The van der Waals surface area contributed by atoms with Crippen LogP contribution < -0.4 is 5.32 Å². The highest BCUT2D eigenvalue weighted by Gasteiger charge is 2.14. The number of aliphatic hydroxyl groups is 1. The highest BCUT2D eigenvalue weighted by molar-refractivity contribution is 5.03. The van der Waals surface area contributed by atoms with Gasteiger partial charge in [-0.2, -0.15) is 5.10 Å². The number of hydrogen-bond donors (Lipinski definition) is 2. The molecule has 1 unspecified atom stereocenters. The molecule has 1 heterocycles. The van der Waals surface area contributed by atoms with Crippen LogP contribution in [0.4, 0.5) is 0 Å². The minimum absolute atomic E-state index is 0.244. The molecule has 1 aromatic heterocycles. The third kappa shape index (κ3) is 4.48. The van der Waals surface area contributed by atoms with Gasteiger partial charge in [-0.25, -0.2) is 0 Å². The molecule has 0 spiro atoms. The van der Waals surface area contributed by atoms with Crippen molar-refractivity contribution in [3.63, 3.8) is 0 Å². The second-order valence-corrected chi connectivity index (χ2v) is 4.48. The van der Waals surface area contributed by atoms with E-state index < -0.39 is 0 Å². The van der Waals surface area contributed by atoms with Crippen LogP contribution in [0.5, 0.6) is 0 Å². The smallest absolute Gasteiger partial charge is 0.0692 e.